The second kappa shape index (κ2) is 9.82. The first kappa shape index (κ1) is 23.9. The summed E-state index contributed by atoms with van der Waals surface area (Å²) in [6.07, 6.45) is -3.16. The van der Waals surface area contributed by atoms with Crippen molar-refractivity contribution >= 4 is 15.9 Å². The molecule has 1 atom stereocenters. The van der Waals surface area contributed by atoms with Gasteiger partial charge in [0, 0.05) is 12.3 Å². The number of nitrogens with zero attached hydrogens (tertiary/aromatic N) is 2. The number of ether oxygens (including phenoxy) is 1. The highest BCUT2D eigenvalue weighted by atomic mass is 32.2. The lowest BCUT2D eigenvalue weighted by Crippen LogP contribution is -2.46. The minimum Gasteiger partial charge on any atom is -0.477 e. The molecule has 1 amide bonds. The van der Waals surface area contributed by atoms with E-state index in [1.165, 1.54) is 18.3 Å². The van der Waals surface area contributed by atoms with Crippen LogP contribution in [0.25, 0.3) is 0 Å². The molecule has 1 unspecified atom stereocenters. The largest absolute Gasteiger partial charge is 0.477 e. The molecule has 3 rings (SSSR count). The molecule has 1 aromatic carbocycles. The third kappa shape index (κ3) is 6.16. The van der Waals surface area contributed by atoms with E-state index in [1.54, 1.807) is 0 Å². The van der Waals surface area contributed by atoms with E-state index in [1.807, 2.05) is 0 Å². The van der Waals surface area contributed by atoms with Crippen LogP contribution in [0.5, 0.6) is 5.88 Å². The van der Waals surface area contributed by atoms with Gasteiger partial charge in [-0.2, -0.15) is 13.2 Å². The van der Waals surface area contributed by atoms with Crippen LogP contribution in [-0.2, 0) is 21.4 Å². The molecule has 0 spiro atoms. The van der Waals surface area contributed by atoms with Gasteiger partial charge in [-0.05, 0) is 55.3 Å². The summed E-state index contributed by atoms with van der Waals surface area (Å²) in [5.41, 5.74) is 0.291. The van der Waals surface area contributed by atoms with Crippen LogP contribution in [-0.4, -0.2) is 49.0 Å². The topological polar surface area (TPSA) is 88.6 Å². The van der Waals surface area contributed by atoms with Gasteiger partial charge in [-0.25, -0.2) is 22.1 Å². The summed E-state index contributed by atoms with van der Waals surface area (Å²) in [4.78, 5) is 16.6. The molecule has 1 aromatic heterocycles. The number of sulfonamides is 1. The molecular weight excluding hydrogens is 454 g/mol. The fraction of sp³-hybridized carbons (Fsp3) is 0.400. The van der Waals surface area contributed by atoms with E-state index in [0.29, 0.717) is 29.3 Å². The molecule has 174 valence electrons. The monoisotopic (exact) mass is 475 g/mol. The maximum absolute atomic E-state index is 13.3. The molecular formula is C20H21F4N3O4S. The summed E-state index contributed by atoms with van der Waals surface area (Å²) in [7, 11) is -4.33. The number of alkyl halides is 3. The average molecular weight is 475 g/mol. The number of pyridine rings is 1. The molecule has 0 bridgehead atoms. The average Bonchev–Trinajstić information content (AvgIpc) is 3.26. The molecule has 2 aromatic rings. The second-order valence-corrected chi connectivity index (χ2v) is 9.03. The van der Waals surface area contributed by atoms with Crippen molar-refractivity contribution in [3.63, 3.8) is 0 Å². The van der Waals surface area contributed by atoms with Gasteiger partial charge in [0.1, 0.15) is 5.82 Å². The molecule has 1 aliphatic rings. The number of hydrogen-bond acceptors (Lipinski definition) is 6. The second-order valence-electron chi connectivity index (χ2n) is 7.17. The Labute approximate surface area is 182 Å². The molecule has 0 saturated carbocycles. The van der Waals surface area contributed by atoms with E-state index in [4.69, 9.17) is 4.74 Å². The molecule has 1 N–H and O–H groups in total. The summed E-state index contributed by atoms with van der Waals surface area (Å²) in [6.45, 7) is -0.482. The lowest BCUT2D eigenvalue weighted by atomic mass is 10.2. The summed E-state index contributed by atoms with van der Waals surface area (Å²) in [5, 5.41) is 2.95. The van der Waals surface area contributed by atoms with E-state index in [9.17, 15) is 30.8 Å². The van der Waals surface area contributed by atoms with E-state index < -0.39 is 53.5 Å². The predicted octanol–water partition coefficient (Wildman–Crippen LogP) is 3.02. The number of aromatic nitrogens is 1. The van der Waals surface area contributed by atoms with Crippen molar-refractivity contribution in [3.05, 3.63) is 54.0 Å². The van der Waals surface area contributed by atoms with Crippen molar-refractivity contribution in [1.82, 2.24) is 14.6 Å². The SMILES string of the molecule is O=C(C1CCCN1)N(Cc1ccnc(OCCC(F)(F)F)c1)S(=O)(=O)c1ccc(F)cc1. The first-order valence-electron chi connectivity index (χ1n) is 9.76. The first-order chi connectivity index (χ1) is 15.1. The van der Waals surface area contributed by atoms with Gasteiger partial charge in [-0.1, -0.05) is 0 Å². The Morgan fingerprint density at radius 3 is 2.56 bits per heavy atom. The molecule has 1 fully saturated rings. The fourth-order valence-corrected chi connectivity index (χ4v) is 4.57. The molecule has 32 heavy (non-hydrogen) atoms. The van der Waals surface area contributed by atoms with Crippen LogP contribution in [0.3, 0.4) is 0 Å². The summed E-state index contributed by atoms with van der Waals surface area (Å²) in [5.74, 6) is -1.44. The van der Waals surface area contributed by atoms with Gasteiger partial charge in [0.2, 0.25) is 5.88 Å². The number of nitrogens with one attached hydrogen (secondary N) is 1. The van der Waals surface area contributed by atoms with E-state index in [-0.39, 0.29) is 10.8 Å². The minimum atomic E-state index is -4.39. The smallest absolute Gasteiger partial charge is 0.392 e. The van der Waals surface area contributed by atoms with Crippen molar-refractivity contribution < 1.29 is 35.5 Å². The normalized spacial score (nSPS) is 16.7. The van der Waals surface area contributed by atoms with Gasteiger partial charge in [0.05, 0.1) is 30.5 Å². The summed E-state index contributed by atoms with van der Waals surface area (Å²) in [6, 6.07) is 6.08. The maximum Gasteiger partial charge on any atom is 0.392 e. The van der Waals surface area contributed by atoms with Crippen LogP contribution in [0.1, 0.15) is 24.8 Å². The zero-order valence-electron chi connectivity index (χ0n) is 16.8. The van der Waals surface area contributed by atoms with E-state index >= 15 is 0 Å². The number of carbonyl (C=O) groups excluding carboxylic acids is 1. The molecule has 12 heteroatoms. The van der Waals surface area contributed by atoms with Crippen molar-refractivity contribution in [1.29, 1.82) is 0 Å². The number of halogens is 4. The van der Waals surface area contributed by atoms with Crippen molar-refractivity contribution in [2.24, 2.45) is 0 Å². The molecule has 2 heterocycles. The Balaban J connectivity index is 1.85. The Bertz CT molecular complexity index is 1040. The first-order valence-corrected chi connectivity index (χ1v) is 11.2. The highest BCUT2D eigenvalue weighted by Gasteiger charge is 2.35. The highest BCUT2D eigenvalue weighted by molar-refractivity contribution is 7.89. The van der Waals surface area contributed by atoms with Crippen LogP contribution in [0.15, 0.2) is 47.5 Å². The highest BCUT2D eigenvalue weighted by Crippen LogP contribution is 2.24. The zero-order valence-corrected chi connectivity index (χ0v) is 17.6. The lowest BCUT2D eigenvalue weighted by molar-refractivity contribution is -0.139. The number of benzene rings is 1. The van der Waals surface area contributed by atoms with Gasteiger partial charge in [0.25, 0.3) is 15.9 Å². The number of amides is 1. The molecule has 0 radical (unpaired) electrons. The molecule has 7 nitrogen and oxygen atoms in total. The molecule has 0 aliphatic carbocycles. The van der Waals surface area contributed by atoms with Crippen LogP contribution in [0.4, 0.5) is 17.6 Å². The Morgan fingerprint density at radius 2 is 1.94 bits per heavy atom. The number of rotatable bonds is 8. The molecule has 1 saturated heterocycles. The predicted molar refractivity (Wildman–Crippen MR) is 106 cm³/mol. The Kier molecular flexibility index (Phi) is 7.34. The fourth-order valence-electron chi connectivity index (χ4n) is 3.15. The van der Waals surface area contributed by atoms with Gasteiger partial charge in [-0.15, -0.1) is 0 Å². The Hall–Kier alpha value is -2.73. The quantitative estimate of drug-likeness (QED) is 0.591. The van der Waals surface area contributed by atoms with Gasteiger partial charge < -0.3 is 10.1 Å². The Morgan fingerprint density at radius 1 is 1.22 bits per heavy atom. The third-order valence-corrected chi connectivity index (χ3v) is 6.52. The summed E-state index contributed by atoms with van der Waals surface area (Å²) < 4.78 is 82.3. The van der Waals surface area contributed by atoms with E-state index in [0.717, 1.165) is 24.3 Å². The van der Waals surface area contributed by atoms with Crippen LogP contribution in [0, 0.1) is 5.82 Å². The minimum absolute atomic E-state index is 0.127. The van der Waals surface area contributed by atoms with Gasteiger partial charge in [0.15, 0.2) is 0 Å². The zero-order chi connectivity index (χ0) is 23.4. The van der Waals surface area contributed by atoms with Crippen molar-refractivity contribution in [2.75, 3.05) is 13.2 Å². The summed E-state index contributed by atoms with van der Waals surface area (Å²) >= 11 is 0. The van der Waals surface area contributed by atoms with Crippen LogP contribution >= 0.6 is 0 Å². The molecule has 1 aliphatic heterocycles. The van der Waals surface area contributed by atoms with E-state index in [2.05, 4.69) is 10.3 Å². The van der Waals surface area contributed by atoms with Gasteiger partial charge in [-0.3, -0.25) is 4.79 Å². The van der Waals surface area contributed by atoms with Crippen LogP contribution < -0.4 is 10.1 Å². The number of hydrogen-bond donors (Lipinski definition) is 1. The van der Waals surface area contributed by atoms with Gasteiger partial charge >= 0.3 is 6.18 Å². The lowest BCUT2D eigenvalue weighted by Gasteiger charge is -2.25. The van der Waals surface area contributed by atoms with Crippen molar-refractivity contribution in [2.45, 2.75) is 42.9 Å². The number of carbonyl (C=O) groups is 1. The van der Waals surface area contributed by atoms with Crippen molar-refractivity contribution in [3.8, 4) is 5.88 Å². The van der Waals surface area contributed by atoms with Crippen LogP contribution in [0.2, 0.25) is 0 Å². The maximum atomic E-state index is 13.3. The third-order valence-electron chi connectivity index (χ3n) is 4.77. The standard InChI is InChI=1S/C20H21F4N3O4S/c21-15-3-5-16(6-4-15)32(29,30)27(19(28)17-2-1-9-25-17)13-14-7-10-26-18(12-14)31-11-8-20(22,23)24/h3-7,10,12,17,25H,1-2,8-9,11,13H2.